The van der Waals surface area contributed by atoms with E-state index in [0.29, 0.717) is 5.02 Å². The minimum absolute atomic E-state index is 0.123. The van der Waals surface area contributed by atoms with Gasteiger partial charge in [-0.25, -0.2) is 0 Å². The summed E-state index contributed by atoms with van der Waals surface area (Å²) >= 11 is 9.22. The molecule has 1 rings (SSSR count). The van der Waals surface area contributed by atoms with Crippen LogP contribution in [0.5, 0.6) is 0 Å². The summed E-state index contributed by atoms with van der Waals surface area (Å²) in [5.41, 5.74) is 1.05. The molecule has 0 saturated carbocycles. The van der Waals surface area contributed by atoms with E-state index in [2.05, 4.69) is 15.9 Å². The summed E-state index contributed by atoms with van der Waals surface area (Å²) in [6.45, 7) is 2.09. The predicted molar refractivity (Wildman–Crippen MR) is 54.7 cm³/mol. The smallest absolute Gasteiger partial charge is 0.0497 e. The summed E-state index contributed by atoms with van der Waals surface area (Å²) in [7, 11) is 0. The van der Waals surface area contributed by atoms with Gasteiger partial charge in [0.05, 0.1) is 0 Å². The summed E-state index contributed by atoms with van der Waals surface area (Å²) in [6, 6.07) is 5.58. The monoisotopic (exact) mass is 248 g/mol. The van der Waals surface area contributed by atoms with E-state index in [-0.39, 0.29) is 12.5 Å². The second-order valence-electron chi connectivity index (χ2n) is 2.75. The maximum absolute atomic E-state index is 8.94. The third kappa shape index (κ3) is 2.22. The zero-order valence-electron chi connectivity index (χ0n) is 6.72. The summed E-state index contributed by atoms with van der Waals surface area (Å²) in [4.78, 5) is 0. The first-order chi connectivity index (χ1) is 5.65. The Morgan fingerprint density at radius 1 is 1.58 bits per heavy atom. The van der Waals surface area contributed by atoms with Crippen LogP contribution in [0.4, 0.5) is 0 Å². The number of rotatable bonds is 2. The lowest BCUT2D eigenvalue weighted by Crippen LogP contribution is -1.99. The Morgan fingerprint density at radius 3 is 2.83 bits per heavy atom. The molecule has 1 atom stereocenters. The first kappa shape index (κ1) is 10.0. The summed E-state index contributed by atoms with van der Waals surface area (Å²) in [5, 5.41) is 9.64. The van der Waals surface area contributed by atoms with Crippen LogP contribution in [0.15, 0.2) is 22.7 Å². The van der Waals surface area contributed by atoms with E-state index >= 15 is 0 Å². The molecule has 0 amide bonds. The molecule has 1 aromatic rings. The van der Waals surface area contributed by atoms with E-state index in [9.17, 15) is 0 Å². The van der Waals surface area contributed by atoms with Gasteiger partial charge in [0.15, 0.2) is 0 Å². The molecule has 66 valence electrons. The van der Waals surface area contributed by atoms with Crippen molar-refractivity contribution < 1.29 is 5.11 Å². The Hall–Kier alpha value is -0.0500. The number of aliphatic hydroxyl groups is 1. The third-order valence-electron chi connectivity index (χ3n) is 1.76. The van der Waals surface area contributed by atoms with Gasteiger partial charge in [-0.15, -0.1) is 0 Å². The number of hydrogen-bond donors (Lipinski definition) is 1. The van der Waals surface area contributed by atoms with Crippen molar-refractivity contribution in [1.82, 2.24) is 0 Å². The Morgan fingerprint density at radius 2 is 2.25 bits per heavy atom. The normalized spacial score (nSPS) is 13.0. The van der Waals surface area contributed by atoms with E-state index in [1.54, 1.807) is 0 Å². The highest BCUT2D eigenvalue weighted by atomic mass is 79.9. The molecule has 0 radical (unpaired) electrons. The molecule has 0 spiro atoms. The zero-order valence-corrected chi connectivity index (χ0v) is 9.06. The molecule has 1 aromatic carbocycles. The van der Waals surface area contributed by atoms with Crippen molar-refractivity contribution in [2.45, 2.75) is 12.8 Å². The van der Waals surface area contributed by atoms with E-state index in [1.165, 1.54) is 0 Å². The SMILES string of the molecule is CC(CO)c1cc(Cl)ccc1Br. The second-order valence-corrected chi connectivity index (χ2v) is 4.04. The molecule has 1 N–H and O–H groups in total. The van der Waals surface area contributed by atoms with Crippen molar-refractivity contribution in [3.8, 4) is 0 Å². The van der Waals surface area contributed by atoms with Crippen LogP contribution >= 0.6 is 27.5 Å². The molecule has 1 unspecified atom stereocenters. The van der Waals surface area contributed by atoms with Crippen molar-refractivity contribution >= 4 is 27.5 Å². The third-order valence-corrected chi connectivity index (χ3v) is 2.72. The van der Waals surface area contributed by atoms with Gasteiger partial charge in [-0.3, -0.25) is 0 Å². The highest BCUT2D eigenvalue weighted by molar-refractivity contribution is 9.10. The van der Waals surface area contributed by atoms with E-state index in [1.807, 2.05) is 25.1 Å². The number of hydrogen-bond acceptors (Lipinski definition) is 1. The van der Waals surface area contributed by atoms with Crippen LogP contribution in [0.3, 0.4) is 0 Å². The fraction of sp³-hybridized carbons (Fsp3) is 0.333. The largest absolute Gasteiger partial charge is 0.396 e. The topological polar surface area (TPSA) is 20.2 Å². The van der Waals surface area contributed by atoms with Crippen LogP contribution in [0.25, 0.3) is 0 Å². The second kappa shape index (κ2) is 4.26. The lowest BCUT2D eigenvalue weighted by atomic mass is 10.0. The molecule has 0 aromatic heterocycles. The molecule has 0 bridgehead atoms. The summed E-state index contributed by atoms with van der Waals surface area (Å²) in [6.07, 6.45) is 0. The molecule has 3 heteroatoms. The lowest BCUT2D eigenvalue weighted by molar-refractivity contribution is 0.273. The Bertz CT molecular complexity index is 275. The van der Waals surface area contributed by atoms with Crippen molar-refractivity contribution in [3.63, 3.8) is 0 Å². The molecule has 0 heterocycles. The molecule has 12 heavy (non-hydrogen) atoms. The highest BCUT2D eigenvalue weighted by Gasteiger charge is 2.08. The van der Waals surface area contributed by atoms with Gasteiger partial charge < -0.3 is 5.11 Å². The average molecular weight is 250 g/mol. The zero-order chi connectivity index (χ0) is 9.14. The van der Waals surface area contributed by atoms with E-state index in [4.69, 9.17) is 16.7 Å². The maximum Gasteiger partial charge on any atom is 0.0497 e. The molecular weight excluding hydrogens is 239 g/mol. The fourth-order valence-corrected chi connectivity index (χ4v) is 1.81. The number of benzene rings is 1. The van der Waals surface area contributed by atoms with Gasteiger partial charge in [-0.05, 0) is 23.8 Å². The van der Waals surface area contributed by atoms with Gasteiger partial charge in [0.2, 0.25) is 0 Å². The van der Waals surface area contributed by atoms with Gasteiger partial charge in [-0.2, -0.15) is 0 Å². The van der Waals surface area contributed by atoms with Crippen LogP contribution in [-0.2, 0) is 0 Å². The first-order valence-corrected chi connectivity index (χ1v) is 4.88. The fourth-order valence-electron chi connectivity index (χ4n) is 0.991. The quantitative estimate of drug-likeness (QED) is 0.853. The number of aliphatic hydroxyl groups excluding tert-OH is 1. The molecule has 1 nitrogen and oxygen atoms in total. The highest BCUT2D eigenvalue weighted by Crippen LogP contribution is 2.27. The summed E-state index contributed by atoms with van der Waals surface area (Å²) < 4.78 is 0.994. The van der Waals surface area contributed by atoms with Gasteiger partial charge in [0, 0.05) is 22.0 Å². The van der Waals surface area contributed by atoms with E-state index in [0.717, 1.165) is 10.0 Å². The van der Waals surface area contributed by atoms with Gasteiger partial charge in [0.25, 0.3) is 0 Å². The minimum atomic E-state index is 0.123. The number of halogens is 2. The predicted octanol–water partition coefficient (Wildman–Crippen LogP) is 3.20. The van der Waals surface area contributed by atoms with Gasteiger partial charge >= 0.3 is 0 Å². The molecule has 0 saturated heterocycles. The molecule has 0 aliphatic heterocycles. The maximum atomic E-state index is 8.94. The molecule has 0 fully saturated rings. The van der Waals surface area contributed by atoms with Gasteiger partial charge in [0.1, 0.15) is 0 Å². The summed E-state index contributed by atoms with van der Waals surface area (Å²) in [5.74, 6) is 0.123. The Labute approximate surface area is 85.5 Å². The molecule has 0 aliphatic rings. The van der Waals surface area contributed by atoms with Crippen LogP contribution in [0.2, 0.25) is 5.02 Å². The van der Waals surface area contributed by atoms with Crippen molar-refractivity contribution in [2.75, 3.05) is 6.61 Å². The Kier molecular flexibility index (Phi) is 3.56. The van der Waals surface area contributed by atoms with Crippen molar-refractivity contribution in [1.29, 1.82) is 0 Å². The standard InChI is InChI=1S/C9H10BrClO/c1-6(5-12)8-4-7(11)2-3-9(8)10/h2-4,6,12H,5H2,1H3. The van der Waals surface area contributed by atoms with Gasteiger partial charge in [-0.1, -0.05) is 34.5 Å². The van der Waals surface area contributed by atoms with Crippen molar-refractivity contribution in [2.24, 2.45) is 0 Å². The van der Waals surface area contributed by atoms with Crippen molar-refractivity contribution in [3.05, 3.63) is 33.3 Å². The van der Waals surface area contributed by atoms with Crippen LogP contribution < -0.4 is 0 Å². The first-order valence-electron chi connectivity index (χ1n) is 3.71. The molecule has 0 aliphatic carbocycles. The Balaban J connectivity index is 3.04. The molecular formula is C9H10BrClO. The minimum Gasteiger partial charge on any atom is -0.396 e. The average Bonchev–Trinajstić information content (AvgIpc) is 2.08. The van der Waals surface area contributed by atoms with Crippen LogP contribution in [-0.4, -0.2) is 11.7 Å². The van der Waals surface area contributed by atoms with Crippen LogP contribution in [0.1, 0.15) is 18.4 Å². The van der Waals surface area contributed by atoms with Crippen LogP contribution in [0, 0.1) is 0 Å². The van der Waals surface area contributed by atoms with E-state index < -0.39 is 0 Å². The lowest BCUT2D eigenvalue weighted by Gasteiger charge is -2.10.